The lowest BCUT2D eigenvalue weighted by molar-refractivity contribution is 0.143. The summed E-state index contributed by atoms with van der Waals surface area (Å²) >= 11 is 0. The van der Waals surface area contributed by atoms with Crippen LogP contribution in [0.25, 0.3) is 0 Å². The molecule has 0 aromatic carbocycles. The fraction of sp³-hybridized carbons (Fsp3) is 1.00. The minimum absolute atomic E-state index is 0.448. The molecule has 19 heavy (non-hydrogen) atoms. The van der Waals surface area contributed by atoms with E-state index in [1.54, 1.807) is 0 Å². The SMILES string of the molecule is CC1(C)C(N2CCCNC3(CCCCC3)C2)C1(C)C. The van der Waals surface area contributed by atoms with Crippen molar-refractivity contribution in [3.05, 3.63) is 0 Å². The summed E-state index contributed by atoms with van der Waals surface area (Å²) in [6, 6.07) is 0.790. The molecule has 0 unspecified atom stereocenters. The minimum Gasteiger partial charge on any atom is -0.310 e. The van der Waals surface area contributed by atoms with Crippen molar-refractivity contribution in [1.29, 1.82) is 0 Å². The first kappa shape index (κ1) is 13.9. The highest BCUT2D eigenvalue weighted by Crippen LogP contribution is 2.65. The van der Waals surface area contributed by atoms with Gasteiger partial charge in [0.15, 0.2) is 0 Å². The monoisotopic (exact) mass is 264 g/mol. The molecule has 0 aromatic rings. The number of hydrogen-bond acceptors (Lipinski definition) is 2. The van der Waals surface area contributed by atoms with Gasteiger partial charge in [-0.05, 0) is 43.2 Å². The standard InChI is InChI=1S/C17H32N2/c1-15(2)14(16(15,3)4)19-12-8-11-18-17(13-19)9-6-5-7-10-17/h14,18H,5-13H2,1-4H3. The Morgan fingerprint density at radius 3 is 2.11 bits per heavy atom. The van der Waals surface area contributed by atoms with Crippen LogP contribution in [0.4, 0.5) is 0 Å². The van der Waals surface area contributed by atoms with Crippen LogP contribution < -0.4 is 5.32 Å². The van der Waals surface area contributed by atoms with Crippen LogP contribution in [0.1, 0.15) is 66.2 Å². The molecular formula is C17H32N2. The Morgan fingerprint density at radius 1 is 0.895 bits per heavy atom. The predicted molar refractivity (Wildman–Crippen MR) is 81.4 cm³/mol. The summed E-state index contributed by atoms with van der Waals surface area (Å²) in [6.45, 7) is 13.7. The molecule has 3 rings (SSSR count). The van der Waals surface area contributed by atoms with Crippen LogP contribution in [0.5, 0.6) is 0 Å². The molecule has 0 atom stereocenters. The molecule has 2 aliphatic carbocycles. The molecule has 2 nitrogen and oxygen atoms in total. The number of nitrogens with zero attached hydrogens (tertiary/aromatic N) is 1. The van der Waals surface area contributed by atoms with Crippen molar-refractivity contribution >= 4 is 0 Å². The second-order valence-corrected chi connectivity index (χ2v) is 8.44. The first-order chi connectivity index (χ1) is 8.89. The zero-order chi connectivity index (χ0) is 13.7. The zero-order valence-corrected chi connectivity index (χ0v) is 13.4. The summed E-state index contributed by atoms with van der Waals surface area (Å²) in [6.07, 6.45) is 8.43. The maximum Gasteiger partial charge on any atom is 0.0308 e. The van der Waals surface area contributed by atoms with Crippen molar-refractivity contribution < 1.29 is 0 Å². The van der Waals surface area contributed by atoms with Crippen LogP contribution in [0.15, 0.2) is 0 Å². The molecule has 1 N–H and O–H groups in total. The largest absolute Gasteiger partial charge is 0.310 e. The average Bonchev–Trinajstić information content (AvgIpc) is 2.84. The van der Waals surface area contributed by atoms with E-state index < -0.39 is 0 Å². The maximum atomic E-state index is 3.92. The van der Waals surface area contributed by atoms with Crippen molar-refractivity contribution in [2.75, 3.05) is 19.6 Å². The summed E-state index contributed by atoms with van der Waals surface area (Å²) < 4.78 is 0. The van der Waals surface area contributed by atoms with E-state index in [1.807, 2.05) is 0 Å². The molecule has 2 saturated carbocycles. The van der Waals surface area contributed by atoms with E-state index in [1.165, 1.54) is 58.2 Å². The smallest absolute Gasteiger partial charge is 0.0308 e. The van der Waals surface area contributed by atoms with Gasteiger partial charge in [0, 0.05) is 18.1 Å². The lowest BCUT2D eigenvalue weighted by atomic mass is 9.81. The first-order valence-corrected chi connectivity index (χ1v) is 8.38. The molecule has 0 amide bonds. The third-order valence-corrected chi connectivity index (χ3v) is 6.75. The van der Waals surface area contributed by atoms with Crippen molar-refractivity contribution in [1.82, 2.24) is 10.2 Å². The van der Waals surface area contributed by atoms with Gasteiger partial charge in [0.1, 0.15) is 0 Å². The van der Waals surface area contributed by atoms with Gasteiger partial charge in [0.2, 0.25) is 0 Å². The number of hydrogen-bond donors (Lipinski definition) is 1. The van der Waals surface area contributed by atoms with Gasteiger partial charge < -0.3 is 5.32 Å². The summed E-state index contributed by atoms with van der Waals surface area (Å²) in [5.74, 6) is 0. The fourth-order valence-corrected chi connectivity index (χ4v) is 5.02. The molecule has 1 heterocycles. The second-order valence-electron chi connectivity index (χ2n) is 8.44. The highest BCUT2D eigenvalue weighted by molar-refractivity contribution is 5.19. The van der Waals surface area contributed by atoms with E-state index in [-0.39, 0.29) is 0 Å². The predicted octanol–water partition coefficient (Wildman–Crippen LogP) is 3.42. The summed E-state index contributed by atoms with van der Waals surface area (Å²) in [5.41, 5.74) is 1.43. The Kier molecular flexibility index (Phi) is 3.26. The molecule has 110 valence electrons. The zero-order valence-electron chi connectivity index (χ0n) is 13.4. The van der Waals surface area contributed by atoms with Crippen molar-refractivity contribution in [3.63, 3.8) is 0 Å². The van der Waals surface area contributed by atoms with Crippen molar-refractivity contribution in [2.24, 2.45) is 10.8 Å². The average molecular weight is 264 g/mol. The Morgan fingerprint density at radius 2 is 1.53 bits per heavy atom. The quantitative estimate of drug-likeness (QED) is 0.780. The number of rotatable bonds is 1. The van der Waals surface area contributed by atoms with E-state index in [0.29, 0.717) is 16.4 Å². The molecule has 1 spiro atoms. The number of nitrogens with one attached hydrogen (secondary N) is 1. The van der Waals surface area contributed by atoms with E-state index in [0.717, 1.165) is 6.04 Å². The Labute approximate surface area is 119 Å². The lowest BCUT2D eigenvalue weighted by Crippen LogP contribution is -2.53. The highest BCUT2D eigenvalue weighted by Gasteiger charge is 2.67. The minimum atomic E-state index is 0.448. The van der Waals surface area contributed by atoms with Crippen LogP contribution in [0.2, 0.25) is 0 Å². The summed E-state index contributed by atoms with van der Waals surface area (Å²) in [4.78, 5) is 2.84. The normalized spacial score (nSPS) is 34.1. The van der Waals surface area contributed by atoms with Crippen LogP contribution in [-0.4, -0.2) is 36.1 Å². The van der Waals surface area contributed by atoms with Gasteiger partial charge in [-0.25, -0.2) is 0 Å². The molecule has 3 fully saturated rings. The van der Waals surface area contributed by atoms with E-state index in [9.17, 15) is 0 Å². The van der Waals surface area contributed by atoms with Crippen LogP contribution in [0, 0.1) is 10.8 Å². The summed E-state index contributed by atoms with van der Waals surface area (Å²) in [7, 11) is 0. The van der Waals surface area contributed by atoms with Gasteiger partial charge in [-0.3, -0.25) is 4.90 Å². The van der Waals surface area contributed by atoms with E-state index in [2.05, 4.69) is 37.9 Å². The van der Waals surface area contributed by atoms with E-state index >= 15 is 0 Å². The van der Waals surface area contributed by atoms with Gasteiger partial charge >= 0.3 is 0 Å². The molecule has 0 radical (unpaired) electrons. The highest BCUT2D eigenvalue weighted by atomic mass is 15.3. The fourth-order valence-electron chi connectivity index (χ4n) is 5.02. The van der Waals surface area contributed by atoms with Gasteiger partial charge in [-0.2, -0.15) is 0 Å². The van der Waals surface area contributed by atoms with Crippen molar-refractivity contribution in [3.8, 4) is 0 Å². The Bertz CT molecular complexity index is 325. The first-order valence-electron chi connectivity index (χ1n) is 8.38. The summed E-state index contributed by atoms with van der Waals surface area (Å²) in [5, 5.41) is 3.92. The van der Waals surface area contributed by atoms with Gasteiger partial charge in [-0.1, -0.05) is 47.0 Å². The molecule has 1 saturated heterocycles. The third-order valence-electron chi connectivity index (χ3n) is 6.75. The van der Waals surface area contributed by atoms with Gasteiger partial charge in [0.05, 0.1) is 0 Å². The molecule has 1 aliphatic heterocycles. The molecule has 2 heteroatoms. The maximum absolute atomic E-state index is 3.92. The topological polar surface area (TPSA) is 15.3 Å². The molecule has 0 aromatic heterocycles. The van der Waals surface area contributed by atoms with Gasteiger partial charge in [0.25, 0.3) is 0 Å². The van der Waals surface area contributed by atoms with Gasteiger partial charge in [-0.15, -0.1) is 0 Å². The van der Waals surface area contributed by atoms with Crippen LogP contribution in [0.3, 0.4) is 0 Å². The Hall–Kier alpha value is -0.0800. The Balaban J connectivity index is 1.76. The molecular weight excluding hydrogens is 232 g/mol. The second kappa shape index (κ2) is 4.46. The van der Waals surface area contributed by atoms with E-state index in [4.69, 9.17) is 0 Å². The van der Waals surface area contributed by atoms with Crippen LogP contribution in [-0.2, 0) is 0 Å². The molecule has 3 aliphatic rings. The lowest BCUT2D eigenvalue weighted by Gasteiger charge is -2.40. The van der Waals surface area contributed by atoms with Crippen molar-refractivity contribution in [2.45, 2.75) is 77.8 Å². The van der Waals surface area contributed by atoms with Crippen LogP contribution >= 0.6 is 0 Å². The molecule has 0 bridgehead atoms. The third kappa shape index (κ3) is 2.15.